The van der Waals surface area contributed by atoms with Crippen LogP contribution in [0.5, 0.6) is 0 Å². The first-order valence-electron chi connectivity index (χ1n) is 8.94. The molecule has 1 aliphatic heterocycles. The van der Waals surface area contributed by atoms with E-state index in [2.05, 4.69) is 5.32 Å². The second-order valence-corrected chi connectivity index (χ2v) is 6.96. The average Bonchev–Trinajstić information content (AvgIpc) is 2.65. The number of hydrogen-bond donors (Lipinski definition) is 1. The van der Waals surface area contributed by atoms with E-state index in [0.29, 0.717) is 51.4 Å². The largest absolute Gasteiger partial charge is 0.385 e. The predicted molar refractivity (Wildman–Crippen MR) is 98.5 cm³/mol. The Hall–Kier alpha value is -2.15. The molecular weight excluding hydrogens is 337 g/mol. The molecule has 0 aromatic heterocycles. The summed E-state index contributed by atoms with van der Waals surface area (Å²) in [5.74, 6) is -0.742. The molecule has 1 aliphatic rings. The lowest BCUT2D eigenvalue weighted by molar-refractivity contribution is -0.148. The number of piperazine rings is 1. The van der Waals surface area contributed by atoms with Gasteiger partial charge in [0.2, 0.25) is 11.8 Å². The lowest BCUT2D eigenvalue weighted by atomic mass is 9.90. The first-order valence-corrected chi connectivity index (χ1v) is 8.94. The molecular formula is C19H28FN3O3. The van der Waals surface area contributed by atoms with Gasteiger partial charge in [0.1, 0.15) is 11.2 Å². The van der Waals surface area contributed by atoms with Gasteiger partial charge in [-0.3, -0.25) is 9.59 Å². The molecule has 1 heterocycles. The van der Waals surface area contributed by atoms with Gasteiger partial charge in [0.25, 0.3) is 0 Å². The summed E-state index contributed by atoms with van der Waals surface area (Å²) in [5.41, 5.74) is -0.581. The third-order valence-electron chi connectivity index (χ3n) is 4.67. The molecule has 0 atom stereocenters. The van der Waals surface area contributed by atoms with Gasteiger partial charge in [0.05, 0.1) is 5.69 Å². The first kappa shape index (κ1) is 20.2. The van der Waals surface area contributed by atoms with E-state index in [1.807, 2.05) is 4.90 Å². The summed E-state index contributed by atoms with van der Waals surface area (Å²) in [5, 5.41) is 2.79. The summed E-state index contributed by atoms with van der Waals surface area (Å²) in [7, 11) is 1.61. The highest BCUT2D eigenvalue weighted by Gasteiger charge is 2.39. The Morgan fingerprint density at radius 3 is 2.46 bits per heavy atom. The summed E-state index contributed by atoms with van der Waals surface area (Å²) in [4.78, 5) is 28.8. The smallest absolute Gasteiger partial charge is 0.237 e. The maximum absolute atomic E-state index is 13.9. The van der Waals surface area contributed by atoms with Crippen LogP contribution in [0.4, 0.5) is 10.1 Å². The molecule has 0 radical (unpaired) electrons. The monoisotopic (exact) mass is 365 g/mol. The van der Waals surface area contributed by atoms with Crippen molar-refractivity contribution in [3.63, 3.8) is 0 Å². The molecule has 1 aromatic rings. The Morgan fingerprint density at radius 1 is 1.19 bits per heavy atom. The van der Waals surface area contributed by atoms with E-state index in [1.165, 1.54) is 6.07 Å². The average molecular weight is 365 g/mol. The highest BCUT2D eigenvalue weighted by atomic mass is 19.1. The zero-order valence-electron chi connectivity index (χ0n) is 15.8. The molecule has 1 fully saturated rings. The van der Waals surface area contributed by atoms with Gasteiger partial charge in [-0.05, 0) is 32.4 Å². The molecule has 26 heavy (non-hydrogen) atoms. The Labute approximate surface area is 154 Å². The van der Waals surface area contributed by atoms with Crippen LogP contribution < -0.4 is 10.2 Å². The number of ether oxygens (including phenoxy) is 1. The minimum absolute atomic E-state index is 0.199. The van der Waals surface area contributed by atoms with Crippen LogP contribution in [0.1, 0.15) is 20.3 Å². The van der Waals surface area contributed by atoms with Gasteiger partial charge < -0.3 is 19.9 Å². The van der Waals surface area contributed by atoms with Crippen molar-refractivity contribution in [2.24, 2.45) is 5.41 Å². The summed E-state index contributed by atoms with van der Waals surface area (Å²) in [6.45, 7) is 6.34. The van der Waals surface area contributed by atoms with E-state index in [0.717, 1.165) is 0 Å². The first-order chi connectivity index (χ1) is 12.4. The minimum atomic E-state index is -1.13. The van der Waals surface area contributed by atoms with Crippen molar-refractivity contribution >= 4 is 17.5 Å². The lowest BCUT2D eigenvalue weighted by Gasteiger charge is -2.39. The molecule has 1 saturated heterocycles. The van der Waals surface area contributed by atoms with Crippen LogP contribution in [-0.4, -0.2) is 63.2 Å². The van der Waals surface area contributed by atoms with Crippen molar-refractivity contribution in [1.82, 2.24) is 10.2 Å². The summed E-state index contributed by atoms with van der Waals surface area (Å²) >= 11 is 0. The fraction of sp³-hybridized carbons (Fsp3) is 0.579. The SMILES string of the molecule is COCCCNC(=O)C(C)(C)C(=O)N1CCN(c2ccccc2F)CC1. The van der Waals surface area contributed by atoms with Crippen molar-refractivity contribution < 1.29 is 18.7 Å². The Bertz CT molecular complexity index is 628. The molecule has 1 aromatic carbocycles. The lowest BCUT2D eigenvalue weighted by Crippen LogP contribution is -2.55. The Balaban J connectivity index is 1.90. The zero-order chi connectivity index (χ0) is 19.2. The predicted octanol–water partition coefficient (Wildman–Crippen LogP) is 1.65. The van der Waals surface area contributed by atoms with Crippen molar-refractivity contribution in [3.8, 4) is 0 Å². The molecule has 0 spiro atoms. The van der Waals surface area contributed by atoms with Crippen molar-refractivity contribution in [2.45, 2.75) is 20.3 Å². The van der Waals surface area contributed by atoms with Crippen LogP contribution in [0.25, 0.3) is 0 Å². The van der Waals surface area contributed by atoms with Crippen LogP contribution in [0.15, 0.2) is 24.3 Å². The molecule has 2 rings (SSSR count). The number of carbonyl (C=O) groups excluding carboxylic acids is 2. The standard InChI is InChI=1S/C19H28FN3O3/c1-19(2,17(24)21-9-6-14-26-3)18(25)23-12-10-22(11-13-23)16-8-5-4-7-15(16)20/h4-5,7-8H,6,9-14H2,1-3H3,(H,21,24). The summed E-state index contributed by atoms with van der Waals surface area (Å²) < 4.78 is 18.9. The maximum Gasteiger partial charge on any atom is 0.237 e. The molecule has 0 saturated carbocycles. The van der Waals surface area contributed by atoms with Crippen LogP contribution >= 0.6 is 0 Å². The van der Waals surface area contributed by atoms with E-state index < -0.39 is 5.41 Å². The van der Waals surface area contributed by atoms with Crippen molar-refractivity contribution in [1.29, 1.82) is 0 Å². The third kappa shape index (κ3) is 4.72. The molecule has 0 aliphatic carbocycles. The second-order valence-electron chi connectivity index (χ2n) is 6.96. The van der Waals surface area contributed by atoms with Gasteiger partial charge in [0, 0.05) is 46.4 Å². The number of methoxy groups -OCH3 is 1. The number of nitrogens with one attached hydrogen (secondary N) is 1. The highest BCUT2D eigenvalue weighted by molar-refractivity contribution is 6.04. The van der Waals surface area contributed by atoms with Crippen LogP contribution in [0.3, 0.4) is 0 Å². The number of anilines is 1. The van der Waals surface area contributed by atoms with Gasteiger partial charge in [-0.1, -0.05) is 12.1 Å². The maximum atomic E-state index is 13.9. The van der Waals surface area contributed by atoms with Crippen LogP contribution in [0.2, 0.25) is 0 Å². The topological polar surface area (TPSA) is 61.9 Å². The molecule has 1 N–H and O–H groups in total. The number of rotatable bonds is 7. The molecule has 144 valence electrons. The molecule has 2 amide bonds. The zero-order valence-corrected chi connectivity index (χ0v) is 15.8. The van der Waals surface area contributed by atoms with E-state index in [9.17, 15) is 14.0 Å². The number of amides is 2. The van der Waals surface area contributed by atoms with Crippen molar-refractivity contribution in [2.75, 3.05) is 51.3 Å². The number of halogens is 1. The van der Waals surface area contributed by atoms with Gasteiger partial charge in [-0.2, -0.15) is 0 Å². The van der Waals surface area contributed by atoms with Crippen molar-refractivity contribution in [3.05, 3.63) is 30.1 Å². The number of nitrogens with zero attached hydrogens (tertiary/aromatic N) is 2. The normalized spacial score (nSPS) is 15.1. The minimum Gasteiger partial charge on any atom is -0.385 e. The van der Waals surface area contributed by atoms with E-state index in [-0.39, 0.29) is 17.6 Å². The molecule has 0 bridgehead atoms. The number of carbonyl (C=O) groups is 2. The Morgan fingerprint density at radius 2 is 1.85 bits per heavy atom. The van der Waals surface area contributed by atoms with Gasteiger partial charge >= 0.3 is 0 Å². The van der Waals surface area contributed by atoms with Gasteiger partial charge in [-0.15, -0.1) is 0 Å². The fourth-order valence-corrected chi connectivity index (χ4v) is 2.99. The summed E-state index contributed by atoms with van der Waals surface area (Å²) in [6, 6.07) is 6.63. The Kier molecular flexibility index (Phi) is 6.97. The molecule has 0 unspecified atom stereocenters. The number of para-hydroxylation sites is 1. The third-order valence-corrected chi connectivity index (χ3v) is 4.67. The van der Waals surface area contributed by atoms with E-state index in [1.54, 1.807) is 44.1 Å². The summed E-state index contributed by atoms with van der Waals surface area (Å²) in [6.07, 6.45) is 0.702. The molecule has 7 heteroatoms. The van der Waals surface area contributed by atoms with Gasteiger partial charge in [-0.25, -0.2) is 4.39 Å². The van der Waals surface area contributed by atoms with E-state index >= 15 is 0 Å². The number of benzene rings is 1. The van der Waals surface area contributed by atoms with Gasteiger partial charge in [0.15, 0.2) is 0 Å². The second kappa shape index (κ2) is 8.98. The number of hydrogen-bond acceptors (Lipinski definition) is 4. The quantitative estimate of drug-likeness (QED) is 0.590. The highest BCUT2D eigenvalue weighted by Crippen LogP contribution is 2.24. The molecule has 6 nitrogen and oxygen atoms in total. The van der Waals surface area contributed by atoms with Crippen LogP contribution in [-0.2, 0) is 14.3 Å². The fourth-order valence-electron chi connectivity index (χ4n) is 2.99. The van der Waals surface area contributed by atoms with E-state index in [4.69, 9.17) is 4.74 Å². The van der Waals surface area contributed by atoms with Crippen LogP contribution in [0, 0.1) is 11.2 Å².